The molecular formula is C14H27N3O2. The Morgan fingerprint density at radius 3 is 2.21 bits per heavy atom. The monoisotopic (exact) mass is 269 g/mol. The summed E-state index contributed by atoms with van der Waals surface area (Å²) in [5, 5.41) is 2.64. The maximum absolute atomic E-state index is 11.9. The van der Waals surface area contributed by atoms with Crippen LogP contribution in [0.25, 0.3) is 0 Å². The molecule has 5 heteroatoms. The van der Waals surface area contributed by atoms with Gasteiger partial charge in [0.15, 0.2) is 0 Å². The van der Waals surface area contributed by atoms with Crippen LogP contribution in [-0.2, 0) is 4.79 Å². The molecule has 1 N–H and O–H groups in total. The van der Waals surface area contributed by atoms with Crippen molar-refractivity contribution in [3.63, 3.8) is 0 Å². The fourth-order valence-corrected chi connectivity index (χ4v) is 2.41. The fraction of sp³-hybridized carbons (Fsp3) is 0.857. The molecule has 0 aromatic carbocycles. The maximum atomic E-state index is 11.9. The van der Waals surface area contributed by atoms with Crippen LogP contribution in [0.1, 0.15) is 40.5 Å². The third-order valence-corrected chi connectivity index (χ3v) is 3.77. The minimum atomic E-state index is -0.149. The lowest BCUT2D eigenvalue weighted by Gasteiger charge is -2.43. The van der Waals surface area contributed by atoms with E-state index in [4.69, 9.17) is 0 Å². The maximum Gasteiger partial charge on any atom is 0.317 e. The van der Waals surface area contributed by atoms with Crippen molar-refractivity contribution >= 4 is 11.8 Å². The lowest BCUT2D eigenvalue weighted by Crippen LogP contribution is -2.53. The number of carbonyl (C=O) groups is 2. The van der Waals surface area contributed by atoms with Gasteiger partial charge >= 0.3 is 6.03 Å². The Hall–Kier alpha value is -1.10. The van der Waals surface area contributed by atoms with Crippen LogP contribution in [0.15, 0.2) is 0 Å². The Kier molecular flexibility index (Phi) is 5.35. The number of piperidine rings is 1. The zero-order chi connectivity index (χ0) is 14.6. The number of nitrogens with zero attached hydrogens (tertiary/aromatic N) is 2. The van der Waals surface area contributed by atoms with E-state index < -0.39 is 0 Å². The number of rotatable bonds is 3. The molecule has 0 aliphatic carbocycles. The second-order valence-electron chi connectivity index (χ2n) is 6.36. The number of hydrogen-bond acceptors (Lipinski definition) is 3. The van der Waals surface area contributed by atoms with Gasteiger partial charge in [0.2, 0.25) is 0 Å². The number of nitrogens with one attached hydrogen (secondary N) is 1. The molecule has 0 aromatic heterocycles. The van der Waals surface area contributed by atoms with Crippen molar-refractivity contribution in [3.8, 4) is 0 Å². The van der Waals surface area contributed by atoms with Crippen LogP contribution in [0.5, 0.6) is 0 Å². The predicted octanol–water partition coefficient (Wildman–Crippen LogP) is 1.48. The Bertz CT molecular complexity index is 328. The van der Waals surface area contributed by atoms with Gasteiger partial charge < -0.3 is 10.2 Å². The fourth-order valence-electron chi connectivity index (χ4n) is 2.41. The van der Waals surface area contributed by atoms with Crippen molar-refractivity contribution in [2.45, 2.75) is 52.1 Å². The van der Waals surface area contributed by atoms with Crippen molar-refractivity contribution in [2.24, 2.45) is 0 Å². The van der Waals surface area contributed by atoms with Gasteiger partial charge in [0, 0.05) is 31.7 Å². The second kappa shape index (κ2) is 6.37. The van der Waals surface area contributed by atoms with Gasteiger partial charge in [-0.3, -0.25) is 9.69 Å². The molecule has 0 bridgehead atoms. The Morgan fingerprint density at radius 2 is 1.79 bits per heavy atom. The van der Waals surface area contributed by atoms with Gasteiger partial charge in [-0.25, -0.2) is 4.79 Å². The Balaban J connectivity index is 2.42. The molecule has 19 heavy (non-hydrogen) atoms. The summed E-state index contributed by atoms with van der Waals surface area (Å²) in [5.74, 6) is -0.0238. The quantitative estimate of drug-likeness (QED) is 0.844. The molecular weight excluding hydrogens is 242 g/mol. The highest BCUT2D eigenvalue weighted by molar-refractivity contribution is 5.83. The summed E-state index contributed by atoms with van der Waals surface area (Å²) in [6.45, 7) is 10.3. The van der Waals surface area contributed by atoms with E-state index >= 15 is 0 Å². The van der Waals surface area contributed by atoms with Gasteiger partial charge in [-0.1, -0.05) is 0 Å². The molecule has 5 nitrogen and oxygen atoms in total. The van der Waals surface area contributed by atoms with E-state index in [1.54, 1.807) is 4.90 Å². The summed E-state index contributed by atoms with van der Waals surface area (Å²) in [6.07, 6.45) is 1.97. The first-order valence-corrected chi connectivity index (χ1v) is 6.97. The van der Waals surface area contributed by atoms with Gasteiger partial charge in [0.25, 0.3) is 0 Å². The summed E-state index contributed by atoms with van der Waals surface area (Å²) >= 11 is 0. The van der Waals surface area contributed by atoms with Gasteiger partial charge in [0.05, 0.1) is 6.54 Å². The first-order chi connectivity index (χ1) is 8.71. The van der Waals surface area contributed by atoms with E-state index in [0.29, 0.717) is 0 Å². The summed E-state index contributed by atoms with van der Waals surface area (Å²) in [7, 11) is 1.81. The van der Waals surface area contributed by atoms with Gasteiger partial charge in [-0.2, -0.15) is 0 Å². The van der Waals surface area contributed by atoms with Crippen LogP contribution < -0.4 is 5.32 Å². The molecule has 0 aromatic rings. The molecule has 110 valence electrons. The lowest BCUT2D eigenvalue weighted by molar-refractivity contribution is -0.116. The Morgan fingerprint density at radius 1 is 1.26 bits per heavy atom. The molecule has 0 atom stereocenters. The molecule has 1 aliphatic rings. The molecule has 1 rings (SSSR count). The topological polar surface area (TPSA) is 52.7 Å². The second-order valence-corrected chi connectivity index (χ2v) is 6.36. The van der Waals surface area contributed by atoms with Crippen LogP contribution in [0, 0.1) is 0 Å². The summed E-state index contributed by atoms with van der Waals surface area (Å²) < 4.78 is 0. The highest BCUT2D eigenvalue weighted by atomic mass is 16.2. The number of ketones is 1. The minimum Gasteiger partial charge on any atom is -0.331 e. The molecule has 1 fully saturated rings. The highest BCUT2D eigenvalue weighted by Crippen LogP contribution is 2.22. The van der Waals surface area contributed by atoms with Crippen molar-refractivity contribution in [1.82, 2.24) is 15.1 Å². The van der Waals surface area contributed by atoms with E-state index in [1.807, 2.05) is 7.05 Å². The van der Waals surface area contributed by atoms with E-state index in [9.17, 15) is 9.59 Å². The average molecular weight is 269 g/mol. The van der Waals surface area contributed by atoms with E-state index in [0.717, 1.165) is 25.9 Å². The van der Waals surface area contributed by atoms with E-state index in [1.165, 1.54) is 6.92 Å². The third kappa shape index (κ3) is 4.82. The number of amides is 2. The number of likely N-dealkylation sites (tertiary alicyclic amines) is 1. The summed E-state index contributed by atoms with van der Waals surface area (Å²) in [6, 6.07) is 0.120. The van der Waals surface area contributed by atoms with Crippen LogP contribution in [0.3, 0.4) is 0 Å². The average Bonchev–Trinajstić information content (AvgIpc) is 2.34. The third-order valence-electron chi connectivity index (χ3n) is 3.77. The predicted molar refractivity (Wildman–Crippen MR) is 76.2 cm³/mol. The van der Waals surface area contributed by atoms with Crippen molar-refractivity contribution in [1.29, 1.82) is 0 Å². The molecule has 0 saturated carbocycles. The molecule has 0 radical (unpaired) electrons. The summed E-state index contributed by atoms with van der Waals surface area (Å²) in [4.78, 5) is 26.9. The number of hydrogen-bond donors (Lipinski definition) is 1. The zero-order valence-electron chi connectivity index (χ0n) is 12.8. The first-order valence-electron chi connectivity index (χ1n) is 6.97. The van der Waals surface area contributed by atoms with Crippen molar-refractivity contribution < 1.29 is 9.59 Å². The standard InChI is InChI=1S/C14H27N3O2/c1-11(18)10-15-13(19)16(5)12-6-8-17(9-7-12)14(2,3)4/h12H,6-10H2,1-5H3,(H,15,19). The number of urea groups is 1. The van der Waals surface area contributed by atoms with Gasteiger partial charge in [-0.05, 0) is 40.5 Å². The van der Waals surface area contributed by atoms with E-state index in [2.05, 4.69) is 31.0 Å². The number of carbonyl (C=O) groups excluding carboxylic acids is 2. The van der Waals surface area contributed by atoms with E-state index in [-0.39, 0.29) is 29.9 Å². The van der Waals surface area contributed by atoms with Crippen LogP contribution in [0.4, 0.5) is 4.79 Å². The molecule has 1 heterocycles. The summed E-state index contributed by atoms with van der Waals surface area (Å²) in [5.41, 5.74) is 0.195. The molecule has 0 unspecified atom stereocenters. The van der Waals surface area contributed by atoms with Crippen LogP contribution in [-0.4, -0.2) is 59.9 Å². The van der Waals surface area contributed by atoms with Gasteiger partial charge in [0.1, 0.15) is 5.78 Å². The zero-order valence-corrected chi connectivity index (χ0v) is 12.8. The number of Topliss-reactive ketones (excluding diaryl/α,β-unsaturated/α-hetero) is 1. The Labute approximate surface area is 116 Å². The highest BCUT2D eigenvalue weighted by Gasteiger charge is 2.30. The molecule has 1 saturated heterocycles. The SMILES string of the molecule is CC(=O)CNC(=O)N(C)C1CCN(C(C)(C)C)CC1. The van der Waals surface area contributed by atoms with Crippen molar-refractivity contribution in [2.75, 3.05) is 26.7 Å². The van der Waals surface area contributed by atoms with Crippen LogP contribution >= 0.6 is 0 Å². The van der Waals surface area contributed by atoms with Gasteiger partial charge in [-0.15, -0.1) is 0 Å². The largest absolute Gasteiger partial charge is 0.331 e. The first kappa shape index (κ1) is 16.0. The minimum absolute atomic E-state index is 0.0238. The molecule has 2 amide bonds. The molecule has 0 spiro atoms. The van der Waals surface area contributed by atoms with Crippen LogP contribution in [0.2, 0.25) is 0 Å². The normalized spacial score (nSPS) is 18.2. The lowest BCUT2D eigenvalue weighted by atomic mass is 9.97. The smallest absolute Gasteiger partial charge is 0.317 e. The van der Waals surface area contributed by atoms with Crippen molar-refractivity contribution in [3.05, 3.63) is 0 Å². The molecule has 1 aliphatic heterocycles.